The molecule has 0 bridgehead atoms. The quantitative estimate of drug-likeness (QED) is 0.456. The van der Waals surface area contributed by atoms with E-state index < -0.39 is 6.09 Å². The maximum Gasteiger partial charge on any atom is 0.412 e. The van der Waals surface area contributed by atoms with Crippen LogP contribution in [0.5, 0.6) is 5.75 Å². The fraction of sp³-hybridized carbons (Fsp3) is 0.708. The minimum Gasteiger partial charge on any atom is -0.494 e. The average molecular weight is 439 g/mol. The number of hydrogen-bond donors (Lipinski definition) is 1. The van der Waals surface area contributed by atoms with Crippen LogP contribution in [0.15, 0.2) is 24.3 Å². The summed E-state index contributed by atoms with van der Waals surface area (Å²) in [4.78, 5) is 16.4. The van der Waals surface area contributed by atoms with Crippen molar-refractivity contribution in [1.29, 1.82) is 0 Å². The molecule has 2 fully saturated rings. The zero-order chi connectivity index (χ0) is 20.5. The van der Waals surface area contributed by atoms with Gasteiger partial charge in [-0.25, -0.2) is 4.79 Å². The van der Waals surface area contributed by atoms with Crippen molar-refractivity contribution < 1.29 is 14.6 Å². The van der Waals surface area contributed by atoms with Gasteiger partial charge in [-0.05, 0) is 69.5 Å². The number of unbranched alkanes of at least 4 members (excludes halogenated alkanes) is 3. The van der Waals surface area contributed by atoms with Crippen molar-refractivity contribution in [2.45, 2.75) is 89.6 Å². The van der Waals surface area contributed by atoms with Gasteiger partial charge in [-0.1, -0.05) is 45.4 Å². The van der Waals surface area contributed by atoms with Gasteiger partial charge in [0.1, 0.15) is 5.75 Å². The van der Waals surface area contributed by atoms with Crippen molar-refractivity contribution in [3.63, 3.8) is 0 Å². The number of piperidine rings is 1. The molecule has 5 nitrogen and oxygen atoms in total. The largest absolute Gasteiger partial charge is 0.494 e. The highest BCUT2D eigenvalue weighted by molar-refractivity contribution is 5.87. The first-order valence-corrected chi connectivity index (χ1v) is 11.7. The Morgan fingerprint density at radius 3 is 2.40 bits per heavy atom. The standard InChI is InChI=1S/C24H38N2O3.ClH/c1-2-3-4-10-19-29-21-15-13-20(14-16-21)26(24(27)28)23-12-7-6-11-22(23)25-17-8-5-9-18-25;/h13-16,22-23H,2-12,17-19H2,1H3,(H,27,28);1H/t22-,23+;/m0./s1. The molecule has 0 radical (unpaired) electrons. The van der Waals surface area contributed by atoms with Gasteiger partial charge in [-0.2, -0.15) is 0 Å². The van der Waals surface area contributed by atoms with Crippen LogP contribution < -0.4 is 9.64 Å². The first kappa shape index (κ1) is 24.8. The highest BCUT2D eigenvalue weighted by Gasteiger charge is 2.37. The number of carboxylic acid groups (broad SMARTS) is 1. The van der Waals surface area contributed by atoms with Crippen LogP contribution in [0.4, 0.5) is 10.5 Å². The SMILES string of the molecule is CCCCCCOc1ccc(N(C(=O)O)[C@@H]2CCCC[C@@H]2N2CCCCC2)cc1.Cl. The molecule has 1 aromatic carbocycles. The summed E-state index contributed by atoms with van der Waals surface area (Å²) in [5, 5.41) is 10.1. The number of benzene rings is 1. The molecule has 1 saturated heterocycles. The third-order valence-corrected chi connectivity index (χ3v) is 6.47. The zero-order valence-corrected chi connectivity index (χ0v) is 19.2. The lowest BCUT2D eigenvalue weighted by Crippen LogP contribution is -2.56. The van der Waals surface area contributed by atoms with Gasteiger partial charge in [0.15, 0.2) is 0 Å². The predicted molar refractivity (Wildman–Crippen MR) is 125 cm³/mol. The summed E-state index contributed by atoms with van der Waals surface area (Å²) < 4.78 is 5.84. The van der Waals surface area contributed by atoms with Gasteiger partial charge < -0.3 is 9.84 Å². The monoisotopic (exact) mass is 438 g/mol. The van der Waals surface area contributed by atoms with Crippen LogP contribution in [-0.4, -0.2) is 47.9 Å². The van der Waals surface area contributed by atoms with Crippen LogP contribution >= 0.6 is 12.4 Å². The molecule has 0 unspecified atom stereocenters. The van der Waals surface area contributed by atoms with Gasteiger partial charge in [0.05, 0.1) is 12.6 Å². The van der Waals surface area contributed by atoms with Crippen LogP contribution in [0.25, 0.3) is 0 Å². The number of halogens is 1. The van der Waals surface area contributed by atoms with Crippen molar-refractivity contribution in [3.8, 4) is 5.75 Å². The first-order chi connectivity index (χ1) is 14.2. The van der Waals surface area contributed by atoms with Crippen molar-refractivity contribution in [2.24, 2.45) is 0 Å². The molecule has 1 aromatic rings. The maximum absolute atomic E-state index is 12.3. The van der Waals surface area contributed by atoms with Crippen LogP contribution in [-0.2, 0) is 0 Å². The first-order valence-electron chi connectivity index (χ1n) is 11.7. The maximum atomic E-state index is 12.3. The van der Waals surface area contributed by atoms with E-state index >= 15 is 0 Å². The smallest absolute Gasteiger partial charge is 0.412 e. The Morgan fingerprint density at radius 2 is 1.73 bits per heavy atom. The molecule has 1 aliphatic heterocycles. The Balaban J connectivity index is 0.00000320. The number of hydrogen-bond acceptors (Lipinski definition) is 3. The molecule has 2 aliphatic rings. The number of carbonyl (C=O) groups is 1. The lowest BCUT2D eigenvalue weighted by Gasteiger charge is -2.45. The Labute approximate surface area is 188 Å². The number of rotatable bonds is 9. The van der Waals surface area contributed by atoms with E-state index in [0.717, 1.165) is 56.8 Å². The van der Waals surface area contributed by atoms with Gasteiger partial charge in [0.2, 0.25) is 0 Å². The van der Waals surface area contributed by atoms with Crippen LogP contribution in [0, 0.1) is 0 Å². The summed E-state index contributed by atoms with van der Waals surface area (Å²) in [6, 6.07) is 8.05. The van der Waals surface area contributed by atoms with E-state index in [9.17, 15) is 9.90 Å². The van der Waals surface area contributed by atoms with Gasteiger partial charge in [-0.3, -0.25) is 9.80 Å². The Kier molecular flexibility index (Phi) is 10.8. The molecule has 1 N–H and O–H groups in total. The van der Waals surface area contributed by atoms with Crippen LogP contribution in [0.2, 0.25) is 0 Å². The van der Waals surface area contributed by atoms with Gasteiger partial charge in [-0.15, -0.1) is 12.4 Å². The van der Waals surface area contributed by atoms with E-state index in [1.165, 1.54) is 44.9 Å². The molecule has 6 heteroatoms. The molecule has 1 aliphatic carbocycles. The molecule has 30 heavy (non-hydrogen) atoms. The molecular weight excluding hydrogens is 400 g/mol. The Bertz CT molecular complexity index is 619. The normalized spacial score (nSPS) is 22.2. The summed E-state index contributed by atoms with van der Waals surface area (Å²) in [7, 11) is 0. The molecule has 1 amide bonds. The van der Waals surface area contributed by atoms with E-state index in [4.69, 9.17) is 4.74 Å². The van der Waals surface area contributed by atoms with Crippen LogP contribution in [0.3, 0.4) is 0 Å². The van der Waals surface area contributed by atoms with E-state index in [1.807, 2.05) is 24.3 Å². The molecule has 170 valence electrons. The van der Waals surface area contributed by atoms with Crippen molar-refractivity contribution in [3.05, 3.63) is 24.3 Å². The summed E-state index contributed by atoms with van der Waals surface area (Å²) in [5.74, 6) is 0.826. The zero-order valence-electron chi connectivity index (χ0n) is 18.4. The Morgan fingerprint density at radius 1 is 1.03 bits per heavy atom. The van der Waals surface area contributed by atoms with E-state index in [1.54, 1.807) is 4.90 Å². The topological polar surface area (TPSA) is 53.0 Å². The molecule has 0 aromatic heterocycles. The van der Waals surface area contributed by atoms with Gasteiger partial charge in [0, 0.05) is 11.7 Å². The number of nitrogens with zero attached hydrogens (tertiary/aromatic N) is 2. The summed E-state index contributed by atoms with van der Waals surface area (Å²) in [5.41, 5.74) is 0.768. The van der Waals surface area contributed by atoms with Gasteiger partial charge in [0.25, 0.3) is 0 Å². The molecule has 1 saturated carbocycles. The second-order valence-corrected chi connectivity index (χ2v) is 8.57. The number of amides is 1. The van der Waals surface area contributed by atoms with E-state index in [-0.39, 0.29) is 18.4 Å². The lowest BCUT2D eigenvalue weighted by molar-refractivity contribution is 0.109. The third-order valence-electron chi connectivity index (χ3n) is 6.47. The lowest BCUT2D eigenvalue weighted by atomic mass is 9.86. The van der Waals surface area contributed by atoms with E-state index in [2.05, 4.69) is 11.8 Å². The predicted octanol–water partition coefficient (Wildman–Crippen LogP) is 6.35. The third kappa shape index (κ3) is 6.78. The fourth-order valence-electron chi connectivity index (χ4n) is 4.93. The summed E-state index contributed by atoms with van der Waals surface area (Å²) in [6.45, 7) is 5.15. The molecule has 0 spiro atoms. The summed E-state index contributed by atoms with van der Waals surface area (Å²) in [6.07, 6.45) is 12.0. The highest BCUT2D eigenvalue weighted by Crippen LogP contribution is 2.33. The van der Waals surface area contributed by atoms with Crippen molar-refractivity contribution in [1.82, 2.24) is 4.90 Å². The van der Waals surface area contributed by atoms with E-state index in [0.29, 0.717) is 6.04 Å². The minimum atomic E-state index is -0.841. The number of ether oxygens (including phenoxy) is 1. The molecule has 3 rings (SSSR count). The molecule has 1 heterocycles. The minimum absolute atomic E-state index is 0. The van der Waals surface area contributed by atoms with Crippen LogP contribution in [0.1, 0.15) is 77.6 Å². The van der Waals surface area contributed by atoms with Crippen molar-refractivity contribution >= 4 is 24.2 Å². The number of likely N-dealkylation sites (tertiary alicyclic amines) is 1. The molecular formula is C24H39ClN2O3. The second-order valence-electron chi connectivity index (χ2n) is 8.57. The van der Waals surface area contributed by atoms with Gasteiger partial charge >= 0.3 is 6.09 Å². The highest BCUT2D eigenvalue weighted by atomic mass is 35.5. The second kappa shape index (κ2) is 13.1. The van der Waals surface area contributed by atoms with Crippen molar-refractivity contribution in [2.75, 3.05) is 24.6 Å². The Hall–Kier alpha value is -1.46. The molecule has 2 atom stereocenters. The number of anilines is 1. The fourth-order valence-corrected chi connectivity index (χ4v) is 4.93. The summed E-state index contributed by atoms with van der Waals surface area (Å²) >= 11 is 0. The average Bonchev–Trinajstić information content (AvgIpc) is 2.75.